The standard InChI is InChI=1S/C15H17FN2O2S/c1-9-7-10(2)15(11(3)14(9)17)21(19,20)18-13-6-4-5-12(16)8-13/h4-8,18H,17H2,1-3H3. The van der Waals surface area contributed by atoms with Gasteiger partial charge in [-0.1, -0.05) is 12.1 Å². The fourth-order valence-electron chi connectivity index (χ4n) is 2.35. The third-order valence-corrected chi connectivity index (χ3v) is 4.98. The molecule has 0 atom stereocenters. The molecule has 0 fully saturated rings. The van der Waals surface area contributed by atoms with E-state index in [0.29, 0.717) is 16.8 Å². The molecular weight excluding hydrogens is 291 g/mol. The molecule has 0 radical (unpaired) electrons. The molecule has 0 spiro atoms. The van der Waals surface area contributed by atoms with Crippen LogP contribution in [0.3, 0.4) is 0 Å². The van der Waals surface area contributed by atoms with Gasteiger partial charge in [-0.3, -0.25) is 4.72 Å². The molecule has 2 aromatic carbocycles. The Morgan fingerprint density at radius 3 is 2.38 bits per heavy atom. The number of nitrogen functional groups attached to an aromatic ring is 1. The third kappa shape index (κ3) is 3.00. The largest absolute Gasteiger partial charge is 0.398 e. The summed E-state index contributed by atoms with van der Waals surface area (Å²) in [6, 6.07) is 7.03. The second-order valence-corrected chi connectivity index (χ2v) is 6.61. The average Bonchev–Trinajstić information content (AvgIpc) is 2.35. The predicted octanol–water partition coefficient (Wildman–Crippen LogP) is 3.13. The monoisotopic (exact) mass is 308 g/mol. The van der Waals surface area contributed by atoms with Gasteiger partial charge in [-0.05, 0) is 55.7 Å². The molecule has 2 aromatic rings. The van der Waals surface area contributed by atoms with Crippen LogP contribution >= 0.6 is 0 Å². The van der Waals surface area contributed by atoms with E-state index in [2.05, 4.69) is 4.72 Å². The molecule has 0 saturated heterocycles. The highest BCUT2D eigenvalue weighted by molar-refractivity contribution is 7.92. The van der Waals surface area contributed by atoms with E-state index < -0.39 is 15.8 Å². The minimum atomic E-state index is -3.83. The Hall–Kier alpha value is -2.08. The molecular formula is C15H17FN2O2S. The molecule has 0 saturated carbocycles. The zero-order valence-corrected chi connectivity index (χ0v) is 12.9. The zero-order valence-electron chi connectivity index (χ0n) is 12.1. The zero-order chi connectivity index (χ0) is 15.8. The second-order valence-electron chi connectivity index (χ2n) is 4.99. The molecule has 0 heterocycles. The number of halogens is 1. The molecule has 0 amide bonds. The summed E-state index contributed by atoms with van der Waals surface area (Å²) in [4.78, 5) is 0.134. The molecule has 2 rings (SSSR count). The van der Waals surface area contributed by atoms with E-state index in [1.54, 1.807) is 19.9 Å². The normalized spacial score (nSPS) is 11.4. The van der Waals surface area contributed by atoms with Crippen molar-refractivity contribution in [3.05, 3.63) is 52.8 Å². The Balaban J connectivity index is 2.53. The number of hydrogen-bond donors (Lipinski definition) is 2. The summed E-state index contributed by atoms with van der Waals surface area (Å²) >= 11 is 0. The molecule has 112 valence electrons. The molecule has 21 heavy (non-hydrogen) atoms. The number of sulfonamides is 1. The van der Waals surface area contributed by atoms with Crippen LogP contribution in [-0.2, 0) is 10.0 Å². The lowest BCUT2D eigenvalue weighted by Crippen LogP contribution is -2.17. The highest BCUT2D eigenvalue weighted by Crippen LogP contribution is 2.29. The van der Waals surface area contributed by atoms with E-state index in [9.17, 15) is 12.8 Å². The molecule has 0 aliphatic rings. The van der Waals surface area contributed by atoms with Gasteiger partial charge in [0.15, 0.2) is 0 Å². The Labute approximate surface area is 123 Å². The Kier molecular flexibility index (Phi) is 3.91. The Morgan fingerprint density at radius 2 is 1.76 bits per heavy atom. The fourth-order valence-corrected chi connectivity index (χ4v) is 3.89. The number of anilines is 2. The first-order valence-electron chi connectivity index (χ1n) is 6.37. The van der Waals surface area contributed by atoms with Crippen LogP contribution in [0.4, 0.5) is 15.8 Å². The second kappa shape index (κ2) is 5.37. The number of rotatable bonds is 3. The van der Waals surface area contributed by atoms with Gasteiger partial charge < -0.3 is 5.73 Å². The van der Waals surface area contributed by atoms with Crippen molar-refractivity contribution in [2.75, 3.05) is 10.5 Å². The summed E-state index contributed by atoms with van der Waals surface area (Å²) in [6.45, 7) is 5.20. The summed E-state index contributed by atoms with van der Waals surface area (Å²) in [5.41, 5.74) is 8.46. The lowest BCUT2D eigenvalue weighted by atomic mass is 10.1. The van der Waals surface area contributed by atoms with Crippen LogP contribution in [0.25, 0.3) is 0 Å². The molecule has 0 aliphatic carbocycles. The van der Waals surface area contributed by atoms with Crippen molar-refractivity contribution in [3.63, 3.8) is 0 Å². The van der Waals surface area contributed by atoms with Gasteiger partial charge in [0, 0.05) is 5.69 Å². The molecule has 6 heteroatoms. The van der Waals surface area contributed by atoms with Gasteiger partial charge >= 0.3 is 0 Å². The van der Waals surface area contributed by atoms with Gasteiger partial charge in [0.2, 0.25) is 0 Å². The maximum atomic E-state index is 13.2. The summed E-state index contributed by atoms with van der Waals surface area (Å²) in [6.07, 6.45) is 0. The smallest absolute Gasteiger partial charge is 0.262 e. The molecule has 0 unspecified atom stereocenters. The van der Waals surface area contributed by atoms with Gasteiger partial charge in [0.05, 0.1) is 10.6 Å². The van der Waals surface area contributed by atoms with Crippen molar-refractivity contribution in [1.82, 2.24) is 0 Å². The predicted molar refractivity (Wildman–Crippen MR) is 82.3 cm³/mol. The lowest BCUT2D eigenvalue weighted by Gasteiger charge is -2.16. The van der Waals surface area contributed by atoms with Gasteiger partial charge in [-0.2, -0.15) is 0 Å². The number of hydrogen-bond acceptors (Lipinski definition) is 3. The summed E-state index contributed by atoms with van der Waals surface area (Å²) in [5, 5.41) is 0. The van der Waals surface area contributed by atoms with Crippen LogP contribution in [0.2, 0.25) is 0 Å². The van der Waals surface area contributed by atoms with E-state index in [0.717, 1.165) is 11.6 Å². The first-order valence-corrected chi connectivity index (χ1v) is 7.85. The van der Waals surface area contributed by atoms with Crippen LogP contribution < -0.4 is 10.5 Å². The summed E-state index contributed by atoms with van der Waals surface area (Å²) < 4.78 is 40.6. The van der Waals surface area contributed by atoms with Crippen LogP contribution in [0.5, 0.6) is 0 Å². The van der Waals surface area contributed by atoms with Gasteiger partial charge in [-0.25, -0.2) is 12.8 Å². The van der Waals surface area contributed by atoms with E-state index in [1.165, 1.54) is 18.2 Å². The number of nitrogens with one attached hydrogen (secondary N) is 1. The van der Waals surface area contributed by atoms with E-state index in [-0.39, 0.29) is 10.6 Å². The third-order valence-electron chi connectivity index (χ3n) is 3.31. The molecule has 4 nitrogen and oxygen atoms in total. The summed E-state index contributed by atoms with van der Waals surface area (Å²) in [5.74, 6) is -0.507. The van der Waals surface area contributed by atoms with Crippen molar-refractivity contribution in [3.8, 4) is 0 Å². The van der Waals surface area contributed by atoms with E-state index in [1.807, 2.05) is 6.92 Å². The molecule has 0 aliphatic heterocycles. The van der Waals surface area contributed by atoms with Gasteiger partial charge in [-0.15, -0.1) is 0 Å². The van der Waals surface area contributed by atoms with Gasteiger partial charge in [0.1, 0.15) is 5.82 Å². The maximum absolute atomic E-state index is 13.2. The Bertz CT molecular complexity index is 802. The van der Waals surface area contributed by atoms with Crippen molar-refractivity contribution in [1.29, 1.82) is 0 Å². The summed E-state index contributed by atoms with van der Waals surface area (Å²) in [7, 11) is -3.83. The topological polar surface area (TPSA) is 72.2 Å². The van der Waals surface area contributed by atoms with Gasteiger partial charge in [0.25, 0.3) is 10.0 Å². The van der Waals surface area contributed by atoms with E-state index in [4.69, 9.17) is 5.73 Å². The van der Waals surface area contributed by atoms with Crippen LogP contribution in [0, 0.1) is 26.6 Å². The SMILES string of the molecule is Cc1cc(C)c(S(=O)(=O)Nc2cccc(F)c2)c(C)c1N. The van der Waals surface area contributed by atoms with Crippen LogP contribution in [0.1, 0.15) is 16.7 Å². The average molecular weight is 308 g/mol. The quantitative estimate of drug-likeness (QED) is 0.856. The van der Waals surface area contributed by atoms with Crippen molar-refractivity contribution >= 4 is 21.4 Å². The molecule has 0 aromatic heterocycles. The highest BCUT2D eigenvalue weighted by atomic mass is 32.2. The Morgan fingerprint density at radius 1 is 1.10 bits per heavy atom. The minimum absolute atomic E-state index is 0.134. The van der Waals surface area contributed by atoms with Crippen molar-refractivity contribution in [2.24, 2.45) is 0 Å². The highest BCUT2D eigenvalue weighted by Gasteiger charge is 2.22. The minimum Gasteiger partial charge on any atom is -0.398 e. The van der Waals surface area contributed by atoms with Crippen molar-refractivity contribution < 1.29 is 12.8 Å². The first kappa shape index (κ1) is 15.3. The van der Waals surface area contributed by atoms with E-state index >= 15 is 0 Å². The number of nitrogens with two attached hydrogens (primary N) is 1. The van der Waals surface area contributed by atoms with Crippen LogP contribution in [0.15, 0.2) is 35.2 Å². The van der Waals surface area contributed by atoms with Crippen molar-refractivity contribution in [2.45, 2.75) is 25.7 Å². The van der Waals surface area contributed by atoms with Crippen LogP contribution in [-0.4, -0.2) is 8.42 Å². The number of aryl methyl sites for hydroxylation is 2. The maximum Gasteiger partial charge on any atom is 0.262 e. The molecule has 3 N–H and O–H groups in total. The molecule has 0 bridgehead atoms. The fraction of sp³-hybridized carbons (Fsp3) is 0.200. The number of benzene rings is 2. The first-order chi connectivity index (χ1) is 9.72. The lowest BCUT2D eigenvalue weighted by molar-refractivity contribution is 0.600.